The maximum Gasteiger partial charge on any atom is 0.224 e. The van der Waals surface area contributed by atoms with Crippen LogP contribution in [0.4, 0.5) is 0 Å². The van der Waals surface area contributed by atoms with Crippen molar-refractivity contribution in [2.24, 2.45) is 5.92 Å². The summed E-state index contributed by atoms with van der Waals surface area (Å²) >= 11 is 0. The molecule has 1 aromatic rings. The topological polar surface area (TPSA) is 50.4 Å². The van der Waals surface area contributed by atoms with Crippen molar-refractivity contribution in [3.8, 4) is 5.75 Å². The molecule has 0 saturated carbocycles. The summed E-state index contributed by atoms with van der Waals surface area (Å²) in [5.74, 6) is 1.24. The maximum atomic E-state index is 11.9. The van der Waals surface area contributed by atoms with Crippen molar-refractivity contribution in [3.05, 3.63) is 29.8 Å². The number of rotatable bonds is 6. The Balaban J connectivity index is 0.00000220. The summed E-state index contributed by atoms with van der Waals surface area (Å²) in [7, 11) is 1.67. The predicted molar refractivity (Wildman–Crippen MR) is 87.2 cm³/mol. The first-order chi connectivity index (χ1) is 9.79. The Morgan fingerprint density at radius 2 is 2.14 bits per heavy atom. The number of aryl methyl sites for hydroxylation is 1. The first-order valence-corrected chi connectivity index (χ1v) is 7.41. The first-order valence-electron chi connectivity index (χ1n) is 7.41. The molecule has 0 spiro atoms. The zero-order valence-electron chi connectivity index (χ0n) is 12.6. The van der Waals surface area contributed by atoms with E-state index in [-0.39, 0.29) is 24.2 Å². The zero-order chi connectivity index (χ0) is 14.2. The number of hydrogen-bond donors (Lipinski definition) is 2. The van der Waals surface area contributed by atoms with E-state index in [0.717, 1.165) is 51.1 Å². The number of hydrogen-bond acceptors (Lipinski definition) is 3. The lowest BCUT2D eigenvalue weighted by atomic mass is 9.99. The van der Waals surface area contributed by atoms with Gasteiger partial charge in [-0.3, -0.25) is 4.79 Å². The summed E-state index contributed by atoms with van der Waals surface area (Å²) in [6.45, 7) is 2.62. The lowest BCUT2D eigenvalue weighted by Gasteiger charge is -2.21. The molecular weight excluding hydrogens is 288 g/mol. The summed E-state index contributed by atoms with van der Waals surface area (Å²) in [5, 5.41) is 6.31. The minimum Gasteiger partial charge on any atom is -0.497 e. The Labute approximate surface area is 133 Å². The van der Waals surface area contributed by atoms with E-state index in [1.807, 2.05) is 12.1 Å². The van der Waals surface area contributed by atoms with Gasteiger partial charge in [-0.2, -0.15) is 0 Å². The van der Waals surface area contributed by atoms with Crippen molar-refractivity contribution < 1.29 is 9.53 Å². The van der Waals surface area contributed by atoms with Gasteiger partial charge < -0.3 is 15.4 Å². The van der Waals surface area contributed by atoms with Gasteiger partial charge in [0.1, 0.15) is 5.75 Å². The van der Waals surface area contributed by atoms with Gasteiger partial charge in [0.05, 0.1) is 13.0 Å². The van der Waals surface area contributed by atoms with Crippen molar-refractivity contribution in [3.63, 3.8) is 0 Å². The minimum absolute atomic E-state index is 0. The number of carbonyl (C=O) groups excluding carboxylic acids is 1. The van der Waals surface area contributed by atoms with Gasteiger partial charge in [-0.1, -0.05) is 12.1 Å². The highest BCUT2D eigenvalue weighted by Gasteiger charge is 2.19. The molecule has 2 rings (SSSR count). The van der Waals surface area contributed by atoms with Crippen LogP contribution in [0.2, 0.25) is 0 Å². The highest BCUT2D eigenvalue weighted by atomic mass is 35.5. The Kier molecular flexibility index (Phi) is 8.16. The van der Waals surface area contributed by atoms with Crippen LogP contribution in [0.3, 0.4) is 0 Å². The zero-order valence-corrected chi connectivity index (χ0v) is 13.4. The number of amides is 1. The van der Waals surface area contributed by atoms with Gasteiger partial charge in [-0.15, -0.1) is 12.4 Å². The van der Waals surface area contributed by atoms with E-state index in [0.29, 0.717) is 0 Å². The van der Waals surface area contributed by atoms with Crippen LogP contribution in [0.15, 0.2) is 24.3 Å². The van der Waals surface area contributed by atoms with Crippen molar-refractivity contribution in [1.29, 1.82) is 0 Å². The Morgan fingerprint density at radius 1 is 1.38 bits per heavy atom. The number of halogens is 1. The molecule has 0 bridgehead atoms. The Bertz CT molecular complexity index is 417. The molecule has 1 heterocycles. The summed E-state index contributed by atoms with van der Waals surface area (Å²) in [4.78, 5) is 11.9. The van der Waals surface area contributed by atoms with Gasteiger partial charge in [-0.25, -0.2) is 0 Å². The fourth-order valence-electron chi connectivity index (χ4n) is 2.52. The molecule has 1 aliphatic rings. The molecular formula is C16H25ClN2O2. The second-order valence-corrected chi connectivity index (χ2v) is 5.29. The van der Waals surface area contributed by atoms with E-state index in [2.05, 4.69) is 22.8 Å². The standard InChI is InChI=1S/C16H24N2O2.ClH/c1-20-15-8-6-13(7-9-15)4-2-11-18-16(19)14-5-3-10-17-12-14;/h6-9,14,17H,2-5,10-12H2,1H3,(H,18,19);1H. The number of benzene rings is 1. The van der Waals surface area contributed by atoms with E-state index < -0.39 is 0 Å². The minimum atomic E-state index is 0. The van der Waals surface area contributed by atoms with E-state index in [9.17, 15) is 4.79 Å². The van der Waals surface area contributed by atoms with Crippen molar-refractivity contribution >= 4 is 18.3 Å². The first kappa shape index (κ1) is 17.8. The van der Waals surface area contributed by atoms with E-state index >= 15 is 0 Å². The van der Waals surface area contributed by atoms with Gasteiger partial charge in [0.25, 0.3) is 0 Å². The lowest BCUT2D eigenvalue weighted by Crippen LogP contribution is -2.40. The molecule has 1 amide bonds. The number of methoxy groups -OCH3 is 1. The van der Waals surface area contributed by atoms with Crippen molar-refractivity contribution in [2.75, 3.05) is 26.7 Å². The van der Waals surface area contributed by atoms with Crippen LogP contribution in [0, 0.1) is 5.92 Å². The highest BCUT2D eigenvalue weighted by molar-refractivity contribution is 5.85. The molecule has 1 atom stereocenters. The average molecular weight is 313 g/mol. The average Bonchev–Trinajstić information content (AvgIpc) is 2.53. The quantitative estimate of drug-likeness (QED) is 0.792. The molecule has 1 unspecified atom stereocenters. The van der Waals surface area contributed by atoms with Gasteiger partial charge in [-0.05, 0) is 49.9 Å². The van der Waals surface area contributed by atoms with Gasteiger partial charge >= 0.3 is 0 Å². The lowest BCUT2D eigenvalue weighted by molar-refractivity contribution is -0.125. The van der Waals surface area contributed by atoms with Crippen LogP contribution in [-0.4, -0.2) is 32.7 Å². The number of ether oxygens (including phenoxy) is 1. The molecule has 0 aliphatic carbocycles. The third kappa shape index (κ3) is 5.94. The molecule has 0 aromatic heterocycles. The van der Waals surface area contributed by atoms with Crippen LogP contribution in [0.1, 0.15) is 24.8 Å². The van der Waals surface area contributed by atoms with Crippen LogP contribution >= 0.6 is 12.4 Å². The third-order valence-electron chi connectivity index (χ3n) is 3.77. The van der Waals surface area contributed by atoms with Crippen molar-refractivity contribution in [2.45, 2.75) is 25.7 Å². The molecule has 1 aliphatic heterocycles. The van der Waals surface area contributed by atoms with E-state index in [1.165, 1.54) is 5.56 Å². The monoisotopic (exact) mass is 312 g/mol. The third-order valence-corrected chi connectivity index (χ3v) is 3.77. The SMILES string of the molecule is COc1ccc(CCCNC(=O)C2CCCNC2)cc1.Cl. The highest BCUT2D eigenvalue weighted by Crippen LogP contribution is 2.12. The molecule has 5 heteroatoms. The molecule has 118 valence electrons. The normalized spacial score (nSPS) is 17.7. The second-order valence-electron chi connectivity index (χ2n) is 5.29. The van der Waals surface area contributed by atoms with Crippen molar-refractivity contribution in [1.82, 2.24) is 10.6 Å². The predicted octanol–water partition coefficient (Wildman–Crippen LogP) is 2.17. The van der Waals surface area contributed by atoms with Gasteiger partial charge in [0, 0.05) is 13.1 Å². The molecule has 4 nitrogen and oxygen atoms in total. The molecule has 1 aromatic carbocycles. The second kappa shape index (κ2) is 9.64. The van der Waals surface area contributed by atoms with Crippen LogP contribution in [0.5, 0.6) is 5.75 Å². The molecule has 21 heavy (non-hydrogen) atoms. The van der Waals surface area contributed by atoms with Crippen LogP contribution < -0.4 is 15.4 Å². The summed E-state index contributed by atoms with van der Waals surface area (Å²) in [5.41, 5.74) is 1.28. The van der Waals surface area contributed by atoms with Gasteiger partial charge in [0.15, 0.2) is 0 Å². The number of piperidine rings is 1. The summed E-state index contributed by atoms with van der Waals surface area (Å²) in [6, 6.07) is 8.10. The molecule has 0 radical (unpaired) electrons. The summed E-state index contributed by atoms with van der Waals surface area (Å²) in [6.07, 6.45) is 4.06. The van der Waals surface area contributed by atoms with Crippen LogP contribution in [0.25, 0.3) is 0 Å². The fraction of sp³-hybridized carbons (Fsp3) is 0.562. The largest absolute Gasteiger partial charge is 0.497 e. The number of carbonyl (C=O) groups is 1. The Morgan fingerprint density at radius 3 is 2.76 bits per heavy atom. The van der Waals surface area contributed by atoms with E-state index in [1.54, 1.807) is 7.11 Å². The number of nitrogens with one attached hydrogen (secondary N) is 2. The molecule has 1 saturated heterocycles. The maximum absolute atomic E-state index is 11.9. The van der Waals surface area contributed by atoms with Crippen LogP contribution in [-0.2, 0) is 11.2 Å². The van der Waals surface area contributed by atoms with Gasteiger partial charge in [0.2, 0.25) is 5.91 Å². The van der Waals surface area contributed by atoms with E-state index in [4.69, 9.17) is 4.74 Å². The smallest absolute Gasteiger partial charge is 0.224 e. The fourth-order valence-corrected chi connectivity index (χ4v) is 2.52. The molecule has 1 fully saturated rings. The summed E-state index contributed by atoms with van der Waals surface area (Å²) < 4.78 is 5.13. The Hall–Kier alpha value is -1.26. The molecule has 2 N–H and O–H groups in total.